The summed E-state index contributed by atoms with van der Waals surface area (Å²) in [6, 6.07) is 0. The summed E-state index contributed by atoms with van der Waals surface area (Å²) in [6.45, 7) is 2.24. The predicted molar refractivity (Wildman–Crippen MR) is 205 cm³/mol. The van der Waals surface area contributed by atoms with Crippen molar-refractivity contribution in [3.8, 4) is 0 Å². The number of hydrogen-bond donors (Lipinski definition) is 3. The fourth-order valence-electron chi connectivity index (χ4n) is 5.24. The Hall–Kier alpha value is -1.81. The highest BCUT2D eigenvalue weighted by Gasteiger charge is 2.27. The summed E-state index contributed by atoms with van der Waals surface area (Å²) in [5.41, 5.74) is 0. The minimum absolute atomic E-state index is 0.174. The van der Waals surface area contributed by atoms with Crippen LogP contribution in [0.2, 0.25) is 0 Å². The molecule has 0 radical (unpaired) electrons. The number of unbranched alkanes of at least 4 members (excludes halogenated alkanes) is 17. The van der Waals surface area contributed by atoms with Crippen LogP contribution >= 0.6 is 7.82 Å². The van der Waals surface area contributed by atoms with E-state index in [9.17, 15) is 24.2 Å². The minimum atomic E-state index is -4.61. The molecule has 10 nitrogen and oxygen atoms in total. The lowest BCUT2D eigenvalue weighted by atomic mass is 10.1. The Morgan fingerprint density at radius 2 is 1.08 bits per heavy atom. The van der Waals surface area contributed by atoms with Crippen molar-refractivity contribution < 1.29 is 47.8 Å². The van der Waals surface area contributed by atoms with Gasteiger partial charge in [0, 0.05) is 12.8 Å². The zero-order valence-electron chi connectivity index (χ0n) is 32.1. The average molecular weight is 745 g/mol. The molecule has 0 aliphatic rings. The van der Waals surface area contributed by atoms with Crippen LogP contribution in [-0.2, 0) is 32.7 Å². The molecule has 0 saturated heterocycles. The van der Waals surface area contributed by atoms with Gasteiger partial charge in [0.15, 0.2) is 6.10 Å². The molecular weight excluding hydrogens is 671 g/mol. The monoisotopic (exact) mass is 744 g/mol. The Labute approximate surface area is 310 Å². The third-order valence-electron chi connectivity index (χ3n) is 8.31. The molecule has 0 bridgehead atoms. The number of rotatable bonds is 37. The molecule has 0 amide bonds. The van der Waals surface area contributed by atoms with Crippen LogP contribution in [0.1, 0.15) is 168 Å². The van der Waals surface area contributed by atoms with E-state index in [0.717, 1.165) is 70.6 Å². The van der Waals surface area contributed by atoms with Crippen molar-refractivity contribution in [3.05, 3.63) is 36.5 Å². The predicted octanol–water partition coefficient (Wildman–Crippen LogP) is 10.00. The summed E-state index contributed by atoms with van der Waals surface area (Å²) in [4.78, 5) is 34.8. The number of aliphatic hydroxyl groups is 2. The fraction of sp³-hybridized carbons (Fsp3) is 0.800. The number of aliphatic hydroxyl groups excluding tert-OH is 2. The smallest absolute Gasteiger partial charge is 0.462 e. The Morgan fingerprint density at radius 1 is 0.608 bits per heavy atom. The summed E-state index contributed by atoms with van der Waals surface area (Å²) in [5.74, 6) is -0.936. The first-order valence-corrected chi connectivity index (χ1v) is 21.4. The second kappa shape index (κ2) is 36.5. The largest absolute Gasteiger partial charge is 0.472 e. The second-order valence-corrected chi connectivity index (χ2v) is 14.7. The average Bonchev–Trinajstić information content (AvgIpc) is 3.12. The number of phosphoric acid groups is 1. The van der Waals surface area contributed by atoms with Crippen LogP contribution in [-0.4, -0.2) is 65.7 Å². The standard InChI is InChI=1S/C40H73O10P/c1-3-5-7-9-11-13-15-16-17-18-19-20-22-24-26-28-30-32-40(44)50-38(36-49-51(45,46)48-34-37(42)33-41)35-47-39(43)31-29-27-25-23-21-14-12-10-8-6-4-2/h5,7,11,13,16-17,37-38,41-42H,3-4,6,8-10,12,14-15,18-36H2,1-2H3,(H,45,46)/b7-5-,13-11-,17-16-. The van der Waals surface area contributed by atoms with Crippen LogP contribution in [0.15, 0.2) is 36.5 Å². The van der Waals surface area contributed by atoms with Crippen molar-refractivity contribution in [2.24, 2.45) is 0 Å². The summed E-state index contributed by atoms with van der Waals surface area (Å²) in [5, 5.41) is 18.3. The molecule has 0 aliphatic carbocycles. The van der Waals surface area contributed by atoms with E-state index in [2.05, 4.69) is 54.8 Å². The maximum absolute atomic E-state index is 12.6. The van der Waals surface area contributed by atoms with Gasteiger partial charge < -0.3 is 24.6 Å². The summed E-state index contributed by atoms with van der Waals surface area (Å²) in [6.07, 6.45) is 35.4. The van der Waals surface area contributed by atoms with E-state index in [4.69, 9.17) is 19.1 Å². The molecule has 0 fully saturated rings. The summed E-state index contributed by atoms with van der Waals surface area (Å²) in [7, 11) is -4.61. The molecule has 3 atom stereocenters. The van der Waals surface area contributed by atoms with Gasteiger partial charge >= 0.3 is 19.8 Å². The van der Waals surface area contributed by atoms with Crippen molar-refractivity contribution >= 4 is 19.8 Å². The normalized spacial score (nSPS) is 14.4. The molecule has 11 heteroatoms. The van der Waals surface area contributed by atoms with Gasteiger partial charge in [-0.3, -0.25) is 18.6 Å². The van der Waals surface area contributed by atoms with Gasteiger partial charge in [-0.1, -0.05) is 147 Å². The minimum Gasteiger partial charge on any atom is -0.462 e. The quantitative estimate of drug-likeness (QED) is 0.0243. The van der Waals surface area contributed by atoms with Gasteiger partial charge in [0.25, 0.3) is 0 Å². The zero-order chi connectivity index (χ0) is 37.7. The molecule has 3 N–H and O–H groups in total. The van der Waals surface area contributed by atoms with Gasteiger partial charge in [0.2, 0.25) is 0 Å². The first-order chi connectivity index (χ1) is 24.7. The van der Waals surface area contributed by atoms with Crippen LogP contribution in [0.4, 0.5) is 0 Å². The van der Waals surface area contributed by atoms with E-state index in [1.807, 2.05) is 0 Å². The van der Waals surface area contributed by atoms with E-state index in [1.165, 1.54) is 57.8 Å². The molecule has 0 spiro atoms. The highest BCUT2D eigenvalue weighted by molar-refractivity contribution is 7.47. The van der Waals surface area contributed by atoms with Gasteiger partial charge in [0.05, 0.1) is 19.8 Å². The first kappa shape index (κ1) is 49.2. The molecule has 0 aromatic heterocycles. The van der Waals surface area contributed by atoms with Crippen LogP contribution in [0.5, 0.6) is 0 Å². The van der Waals surface area contributed by atoms with Crippen molar-refractivity contribution in [1.29, 1.82) is 0 Å². The van der Waals surface area contributed by atoms with E-state index in [1.54, 1.807) is 0 Å². The number of ether oxygens (including phenoxy) is 2. The molecule has 0 aromatic carbocycles. The van der Waals surface area contributed by atoms with Crippen molar-refractivity contribution in [2.75, 3.05) is 26.4 Å². The third kappa shape index (κ3) is 36.3. The van der Waals surface area contributed by atoms with Gasteiger partial charge in [0.1, 0.15) is 12.7 Å². The number of hydrogen-bond acceptors (Lipinski definition) is 9. The van der Waals surface area contributed by atoms with Crippen molar-refractivity contribution in [2.45, 2.75) is 180 Å². The Balaban J connectivity index is 4.34. The molecule has 0 saturated carbocycles. The lowest BCUT2D eigenvalue weighted by Crippen LogP contribution is -2.29. The van der Waals surface area contributed by atoms with E-state index in [0.29, 0.717) is 12.8 Å². The number of phosphoric ester groups is 1. The molecule has 51 heavy (non-hydrogen) atoms. The van der Waals surface area contributed by atoms with Gasteiger partial charge in [-0.05, 0) is 44.9 Å². The van der Waals surface area contributed by atoms with E-state index < -0.39 is 51.8 Å². The first-order valence-electron chi connectivity index (χ1n) is 19.9. The van der Waals surface area contributed by atoms with Crippen LogP contribution in [0, 0.1) is 0 Å². The summed E-state index contributed by atoms with van der Waals surface area (Å²) >= 11 is 0. The van der Waals surface area contributed by atoms with Crippen LogP contribution in [0.25, 0.3) is 0 Å². The molecule has 298 valence electrons. The summed E-state index contributed by atoms with van der Waals surface area (Å²) < 4.78 is 32.6. The fourth-order valence-corrected chi connectivity index (χ4v) is 6.03. The highest BCUT2D eigenvalue weighted by Crippen LogP contribution is 2.43. The number of allylic oxidation sites excluding steroid dienone is 6. The molecule has 0 aliphatic heterocycles. The molecule has 3 unspecified atom stereocenters. The Kier molecular flexibility index (Phi) is 35.2. The lowest BCUT2D eigenvalue weighted by Gasteiger charge is -2.20. The Morgan fingerprint density at radius 3 is 1.63 bits per heavy atom. The SMILES string of the molecule is CC/C=C\C/C=C\C/C=C\CCCCCCCCCC(=O)OC(COC(=O)CCCCCCCCCCCCC)COP(=O)(O)OCC(O)CO. The van der Waals surface area contributed by atoms with Crippen LogP contribution in [0.3, 0.4) is 0 Å². The van der Waals surface area contributed by atoms with Gasteiger partial charge in [-0.15, -0.1) is 0 Å². The van der Waals surface area contributed by atoms with Gasteiger partial charge in [-0.2, -0.15) is 0 Å². The lowest BCUT2D eigenvalue weighted by molar-refractivity contribution is -0.161. The molecular formula is C40H73O10P. The van der Waals surface area contributed by atoms with E-state index >= 15 is 0 Å². The second-order valence-electron chi connectivity index (χ2n) is 13.3. The third-order valence-corrected chi connectivity index (χ3v) is 9.26. The van der Waals surface area contributed by atoms with Crippen LogP contribution < -0.4 is 0 Å². The molecule has 0 aromatic rings. The maximum atomic E-state index is 12.6. The number of carbonyl (C=O) groups excluding carboxylic acids is 2. The molecule has 0 heterocycles. The van der Waals surface area contributed by atoms with Crippen molar-refractivity contribution in [3.63, 3.8) is 0 Å². The topological polar surface area (TPSA) is 149 Å². The highest BCUT2D eigenvalue weighted by atomic mass is 31.2. The van der Waals surface area contributed by atoms with E-state index in [-0.39, 0.29) is 19.4 Å². The van der Waals surface area contributed by atoms with Crippen molar-refractivity contribution in [1.82, 2.24) is 0 Å². The maximum Gasteiger partial charge on any atom is 0.472 e. The number of carbonyl (C=O) groups is 2. The Bertz CT molecular complexity index is 952. The zero-order valence-corrected chi connectivity index (χ0v) is 33.0. The molecule has 0 rings (SSSR count). The van der Waals surface area contributed by atoms with Gasteiger partial charge in [-0.25, -0.2) is 4.57 Å². The number of esters is 2.